The lowest BCUT2D eigenvalue weighted by Gasteiger charge is -2.29. The van der Waals surface area contributed by atoms with Crippen molar-refractivity contribution in [1.29, 1.82) is 0 Å². The molecule has 0 aromatic heterocycles. The smallest absolute Gasteiger partial charge is 0.307 e. The van der Waals surface area contributed by atoms with Crippen LogP contribution in [-0.4, -0.2) is 40.8 Å². The van der Waals surface area contributed by atoms with Crippen LogP contribution in [0.3, 0.4) is 0 Å². The Morgan fingerprint density at radius 1 is 1.45 bits per heavy atom. The minimum atomic E-state index is -0.815. The maximum absolute atomic E-state index is 12.3. The Labute approximate surface area is 126 Å². The fraction of sp³-hybridized carbons (Fsp3) is 0.429. The van der Waals surface area contributed by atoms with E-state index in [0.29, 0.717) is 11.5 Å². The first-order valence-electron chi connectivity index (χ1n) is 6.42. The Morgan fingerprint density at radius 2 is 2.20 bits per heavy atom. The van der Waals surface area contributed by atoms with E-state index >= 15 is 0 Å². The Bertz CT molecular complexity index is 507. The summed E-state index contributed by atoms with van der Waals surface area (Å²) in [5.74, 6) is 0.517. The monoisotopic (exact) mass is 311 g/mol. The number of para-hydroxylation sites is 1. The highest BCUT2D eigenvalue weighted by Gasteiger charge is 2.22. The van der Waals surface area contributed by atoms with Gasteiger partial charge in [0.2, 0.25) is 5.91 Å². The highest BCUT2D eigenvalue weighted by molar-refractivity contribution is 8.00. The summed E-state index contributed by atoms with van der Waals surface area (Å²) in [6, 6.07) is 7.90. The topological polar surface area (TPSA) is 57.6 Å². The van der Waals surface area contributed by atoms with Crippen molar-refractivity contribution in [2.24, 2.45) is 5.92 Å². The average molecular weight is 311 g/mol. The summed E-state index contributed by atoms with van der Waals surface area (Å²) in [5.41, 5.74) is 0.973. The van der Waals surface area contributed by atoms with Crippen LogP contribution >= 0.6 is 23.5 Å². The number of carbonyl (C=O) groups excluding carboxylic acids is 1. The summed E-state index contributed by atoms with van der Waals surface area (Å²) in [5, 5.41) is 8.81. The number of carboxylic acid groups (broad SMARTS) is 1. The predicted octanol–water partition coefficient (Wildman–Crippen LogP) is 2.58. The van der Waals surface area contributed by atoms with E-state index in [-0.39, 0.29) is 5.91 Å². The fourth-order valence-corrected chi connectivity index (χ4v) is 3.84. The highest BCUT2D eigenvalue weighted by Crippen LogP contribution is 2.34. The van der Waals surface area contributed by atoms with Crippen LogP contribution in [0.2, 0.25) is 0 Å². The normalized spacial score (nSPS) is 15.6. The molecule has 1 atom stereocenters. The third-order valence-electron chi connectivity index (χ3n) is 3.04. The van der Waals surface area contributed by atoms with Gasteiger partial charge in [0.1, 0.15) is 0 Å². The van der Waals surface area contributed by atoms with Gasteiger partial charge in [0.25, 0.3) is 0 Å². The minimum Gasteiger partial charge on any atom is -0.481 e. The molecular formula is C14H17NO3S2. The first-order valence-corrected chi connectivity index (χ1v) is 8.56. The Morgan fingerprint density at radius 3 is 2.95 bits per heavy atom. The van der Waals surface area contributed by atoms with E-state index in [1.54, 1.807) is 18.7 Å². The number of carboxylic acids is 1. The second kappa shape index (κ2) is 7.04. The number of carbonyl (C=O) groups is 2. The van der Waals surface area contributed by atoms with Crippen LogP contribution in [0.15, 0.2) is 29.2 Å². The van der Waals surface area contributed by atoms with Crippen LogP contribution in [0, 0.1) is 5.92 Å². The van der Waals surface area contributed by atoms with Crippen molar-refractivity contribution >= 4 is 41.1 Å². The molecule has 1 unspecified atom stereocenters. The summed E-state index contributed by atoms with van der Waals surface area (Å²) in [6.45, 7) is 2.38. The van der Waals surface area contributed by atoms with Gasteiger partial charge < -0.3 is 10.0 Å². The van der Waals surface area contributed by atoms with E-state index in [9.17, 15) is 9.59 Å². The molecule has 108 valence electrons. The van der Waals surface area contributed by atoms with Gasteiger partial charge in [-0.2, -0.15) is 11.8 Å². The third-order valence-corrected chi connectivity index (χ3v) is 5.27. The molecule has 1 amide bonds. The number of nitrogens with zero attached hydrogens (tertiary/aromatic N) is 1. The second-order valence-electron chi connectivity index (χ2n) is 4.62. The van der Waals surface area contributed by atoms with Crippen LogP contribution in [-0.2, 0) is 9.59 Å². The van der Waals surface area contributed by atoms with E-state index in [4.69, 9.17) is 5.11 Å². The van der Waals surface area contributed by atoms with Gasteiger partial charge in [-0.3, -0.25) is 9.59 Å². The second-order valence-corrected chi connectivity index (χ2v) is 6.78. The molecule has 1 heterocycles. The molecule has 0 radical (unpaired) electrons. The first kappa shape index (κ1) is 15.3. The molecule has 20 heavy (non-hydrogen) atoms. The van der Waals surface area contributed by atoms with Crippen LogP contribution in [0.4, 0.5) is 5.69 Å². The van der Waals surface area contributed by atoms with E-state index in [1.165, 1.54) is 11.8 Å². The summed E-state index contributed by atoms with van der Waals surface area (Å²) in [4.78, 5) is 25.9. The molecule has 1 aliphatic heterocycles. The molecule has 6 heteroatoms. The van der Waals surface area contributed by atoms with Crippen molar-refractivity contribution in [2.75, 3.05) is 28.7 Å². The van der Waals surface area contributed by atoms with Crippen molar-refractivity contribution < 1.29 is 14.7 Å². The van der Waals surface area contributed by atoms with Crippen LogP contribution < -0.4 is 4.90 Å². The van der Waals surface area contributed by atoms with Gasteiger partial charge in [0.15, 0.2) is 0 Å². The zero-order valence-corrected chi connectivity index (χ0v) is 12.9. The molecule has 1 N–H and O–H groups in total. The van der Waals surface area contributed by atoms with Crippen molar-refractivity contribution in [3.63, 3.8) is 0 Å². The largest absolute Gasteiger partial charge is 0.481 e. The van der Waals surface area contributed by atoms with Gasteiger partial charge in [-0.25, -0.2) is 0 Å². The van der Waals surface area contributed by atoms with Gasteiger partial charge in [-0.05, 0) is 12.1 Å². The number of benzene rings is 1. The fourth-order valence-electron chi connectivity index (χ4n) is 1.90. The van der Waals surface area contributed by atoms with Crippen molar-refractivity contribution in [3.05, 3.63) is 24.3 Å². The van der Waals surface area contributed by atoms with Crippen LogP contribution in [0.25, 0.3) is 0 Å². The SMILES string of the molecule is CC(CSCC(=O)N1CCSc2ccccc21)C(=O)O. The van der Waals surface area contributed by atoms with Crippen molar-refractivity contribution in [3.8, 4) is 0 Å². The molecule has 0 fully saturated rings. The van der Waals surface area contributed by atoms with Crippen molar-refractivity contribution in [1.82, 2.24) is 0 Å². The molecule has 2 rings (SSSR count). The highest BCUT2D eigenvalue weighted by atomic mass is 32.2. The minimum absolute atomic E-state index is 0.0559. The Balaban J connectivity index is 1.92. The first-order chi connectivity index (χ1) is 9.59. The van der Waals surface area contributed by atoms with Gasteiger partial charge in [-0.15, -0.1) is 11.8 Å². The molecule has 0 bridgehead atoms. The average Bonchev–Trinajstić information content (AvgIpc) is 2.46. The zero-order chi connectivity index (χ0) is 14.5. The third kappa shape index (κ3) is 3.70. The zero-order valence-electron chi connectivity index (χ0n) is 11.2. The lowest BCUT2D eigenvalue weighted by atomic mass is 10.2. The Hall–Kier alpha value is -1.14. The molecule has 1 aromatic rings. The molecule has 1 aromatic carbocycles. The quantitative estimate of drug-likeness (QED) is 0.906. The van der Waals surface area contributed by atoms with E-state index in [1.807, 2.05) is 29.2 Å². The van der Waals surface area contributed by atoms with E-state index in [0.717, 1.165) is 22.9 Å². The number of fused-ring (bicyclic) bond motifs is 1. The van der Waals surface area contributed by atoms with Gasteiger partial charge >= 0.3 is 5.97 Å². The van der Waals surface area contributed by atoms with Crippen molar-refractivity contribution in [2.45, 2.75) is 11.8 Å². The molecule has 4 nitrogen and oxygen atoms in total. The Kier molecular flexibility index (Phi) is 5.37. The van der Waals surface area contributed by atoms with E-state index in [2.05, 4.69) is 0 Å². The van der Waals surface area contributed by atoms with Gasteiger partial charge in [-0.1, -0.05) is 19.1 Å². The number of hydrogen-bond acceptors (Lipinski definition) is 4. The maximum Gasteiger partial charge on any atom is 0.307 e. The number of aliphatic carboxylic acids is 1. The summed E-state index contributed by atoms with van der Waals surface area (Å²) < 4.78 is 0. The van der Waals surface area contributed by atoms with Gasteiger partial charge in [0.05, 0.1) is 17.4 Å². The lowest BCUT2D eigenvalue weighted by molar-refractivity contribution is -0.140. The molecule has 0 spiro atoms. The standard InChI is InChI=1S/C14H17NO3S2/c1-10(14(17)18)8-19-9-13(16)15-6-7-20-12-5-3-2-4-11(12)15/h2-5,10H,6-9H2,1H3,(H,17,18). The maximum atomic E-state index is 12.3. The predicted molar refractivity (Wildman–Crippen MR) is 83.6 cm³/mol. The lowest BCUT2D eigenvalue weighted by Crippen LogP contribution is -2.36. The summed E-state index contributed by atoms with van der Waals surface area (Å²) in [6.07, 6.45) is 0. The molecular weight excluding hydrogens is 294 g/mol. The number of hydrogen-bond donors (Lipinski definition) is 1. The van der Waals surface area contributed by atoms with E-state index < -0.39 is 11.9 Å². The summed E-state index contributed by atoms with van der Waals surface area (Å²) >= 11 is 3.15. The number of rotatable bonds is 5. The van der Waals surface area contributed by atoms with Gasteiger partial charge in [0, 0.05) is 22.9 Å². The molecule has 1 aliphatic rings. The summed E-state index contributed by atoms with van der Waals surface area (Å²) in [7, 11) is 0. The van der Waals surface area contributed by atoms with Crippen LogP contribution in [0.1, 0.15) is 6.92 Å². The molecule has 0 aliphatic carbocycles. The molecule has 0 saturated heterocycles. The number of anilines is 1. The molecule has 0 saturated carbocycles. The number of amides is 1. The van der Waals surface area contributed by atoms with Crippen LogP contribution in [0.5, 0.6) is 0 Å². The number of thioether (sulfide) groups is 2.